The second kappa shape index (κ2) is 7.95. The Balaban J connectivity index is 1.71. The molecular weight excluding hydrogens is 342 g/mol. The van der Waals surface area contributed by atoms with Crippen molar-refractivity contribution in [3.63, 3.8) is 0 Å². The number of rotatable bonds is 5. The minimum Gasteiger partial charge on any atom is -0.489 e. The van der Waals surface area contributed by atoms with E-state index >= 15 is 0 Å². The SMILES string of the molecule is CC(Cl)C(=O)N1CCSC1c1cccc(OCc2ccccc2)c1. The molecule has 2 atom stereocenters. The van der Waals surface area contributed by atoms with Crippen LogP contribution in [0.3, 0.4) is 0 Å². The molecule has 24 heavy (non-hydrogen) atoms. The Morgan fingerprint density at radius 1 is 1.29 bits per heavy atom. The summed E-state index contributed by atoms with van der Waals surface area (Å²) < 4.78 is 5.90. The summed E-state index contributed by atoms with van der Waals surface area (Å²) in [4.78, 5) is 14.1. The first-order valence-corrected chi connectivity index (χ1v) is 9.46. The highest BCUT2D eigenvalue weighted by Gasteiger charge is 2.32. The third-order valence-electron chi connectivity index (χ3n) is 3.91. The molecule has 1 heterocycles. The average Bonchev–Trinajstić information content (AvgIpc) is 3.10. The number of alkyl halides is 1. The standard InChI is InChI=1S/C19H20ClNO2S/c1-14(20)18(22)21-10-11-24-19(21)16-8-5-9-17(12-16)23-13-15-6-3-2-4-7-15/h2-9,12,14,19H,10-11,13H2,1H3. The van der Waals surface area contributed by atoms with Crippen LogP contribution in [0.5, 0.6) is 5.75 Å². The maximum atomic E-state index is 12.3. The molecule has 3 rings (SSSR count). The van der Waals surface area contributed by atoms with E-state index < -0.39 is 5.38 Å². The van der Waals surface area contributed by atoms with Gasteiger partial charge in [-0.3, -0.25) is 4.79 Å². The van der Waals surface area contributed by atoms with Crippen LogP contribution < -0.4 is 4.74 Å². The minimum atomic E-state index is -0.497. The monoisotopic (exact) mass is 361 g/mol. The van der Waals surface area contributed by atoms with Gasteiger partial charge in [-0.05, 0) is 30.2 Å². The number of hydrogen-bond donors (Lipinski definition) is 0. The Kier molecular flexibility index (Phi) is 5.69. The maximum absolute atomic E-state index is 12.3. The van der Waals surface area contributed by atoms with Gasteiger partial charge in [-0.2, -0.15) is 0 Å². The van der Waals surface area contributed by atoms with Crippen molar-refractivity contribution in [3.05, 3.63) is 65.7 Å². The first kappa shape index (κ1) is 17.2. The van der Waals surface area contributed by atoms with Crippen LogP contribution in [0.2, 0.25) is 0 Å². The Bertz CT molecular complexity index is 693. The van der Waals surface area contributed by atoms with Crippen molar-refractivity contribution >= 4 is 29.3 Å². The number of benzene rings is 2. The Labute approximate surface area is 151 Å². The van der Waals surface area contributed by atoms with Crippen LogP contribution in [-0.2, 0) is 11.4 Å². The van der Waals surface area contributed by atoms with Gasteiger partial charge in [-0.1, -0.05) is 42.5 Å². The number of amides is 1. The van der Waals surface area contributed by atoms with Crippen LogP contribution >= 0.6 is 23.4 Å². The van der Waals surface area contributed by atoms with E-state index in [0.29, 0.717) is 6.61 Å². The van der Waals surface area contributed by atoms with E-state index in [0.717, 1.165) is 29.2 Å². The number of halogens is 1. The summed E-state index contributed by atoms with van der Waals surface area (Å²) in [6, 6.07) is 18.1. The molecule has 1 saturated heterocycles. The summed E-state index contributed by atoms with van der Waals surface area (Å²) in [5, 5.41) is -0.484. The largest absolute Gasteiger partial charge is 0.489 e. The molecule has 0 spiro atoms. The van der Waals surface area contributed by atoms with E-state index in [1.807, 2.05) is 59.5 Å². The fourth-order valence-corrected chi connectivity index (χ4v) is 4.08. The summed E-state index contributed by atoms with van der Waals surface area (Å²) >= 11 is 7.75. The number of carbonyl (C=O) groups is 1. The fourth-order valence-electron chi connectivity index (χ4n) is 2.70. The zero-order valence-electron chi connectivity index (χ0n) is 13.5. The lowest BCUT2D eigenvalue weighted by Gasteiger charge is -2.25. The van der Waals surface area contributed by atoms with Crippen LogP contribution in [0.25, 0.3) is 0 Å². The van der Waals surface area contributed by atoms with Crippen molar-refractivity contribution in [2.45, 2.75) is 24.3 Å². The molecule has 3 nitrogen and oxygen atoms in total. The van der Waals surface area contributed by atoms with Crippen molar-refractivity contribution in [3.8, 4) is 5.75 Å². The lowest BCUT2D eigenvalue weighted by molar-refractivity contribution is -0.130. The molecular formula is C19H20ClNO2S. The van der Waals surface area contributed by atoms with Gasteiger partial charge < -0.3 is 9.64 Å². The molecule has 0 radical (unpaired) electrons. The van der Waals surface area contributed by atoms with E-state index in [4.69, 9.17) is 16.3 Å². The van der Waals surface area contributed by atoms with Gasteiger partial charge in [0.25, 0.3) is 0 Å². The van der Waals surface area contributed by atoms with Crippen LogP contribution in [0, 0.1) is 0 Å². The lowest BCUT2D eigenvalue weighted by Crippen LogP contribution is -2.35. The molecule has 1 aliphatic rings. The molecule has 5 heteroatoms. The summed E-state index contributed by atoms with van der Waals surface area (Å²) in [6.45, 7) is 2.99. The zero-order chi connectivity index (χ0) is 16.9. The number of thioether (sulfide) groups is 1. The first-order chi connectivity index (χ1) is 11.6. The zero-order valence-corrected chi connectivity index (χ0v) is 15.1. The molecule has 1 fully saturated rings. The normalized spacial score (nSPS) is 18.4. The van der Waals surface area contributed by atoms with Crippen molar-refractivity contribution in [2.75, 3.05) is 12.3 Å². The maximum Gasteiger partial charge on any atom is 0.241 e. The second-order valence-corrected chi connectivity index (χ2v) is 7.56. The van der Waals surface area contributed by atoms with E-state index in [2.05, 4.69) is 0 Å². The number of hydrogen-bond acceptors (Lipinski definition) is 3. The van der Waals surface area contributed by atoms with E-state index in [9.17, 15) is 4.79 Å². The molecule has 2 aromatic rings. The van der Waals surface area contributed by atoms with E-state index in [1.165, 1.54) is 0 Å². The van der Waals surface area contributed by atoms with Gasteiger partial charge in [-0.15, -0.1) is 23.4 Å². The predicted molar refractivity (Wildman–Crippen MR) is 99.4 cm³/mol. The highest BCUT2D eigenvalue weighted by atomic mass is 35.5. The summed E-state index contributed by atoms with van der Waals surface area (Å²) in [5.74, 6) is 1.73. The van der Waals surface area contributed by atoms with Crippen molar-refractivity contribution in [2.24, 2.45) is 0 Å². The van der Waals surface area contributed by atoms with Crippen LogP contribution in [-0.4, -0.2) is 28.5 Å². The quantitative estimate of drug-likeness (QED) is 0.736. The van der Waals surface area contributed by atoms with Gasteiger partial charge in [0.05, 0.1) is 0 Å². The number of ether oxygens (including phenoxy) is 1. The summed E-state index contributed by atoms with van der Waals surface area (Å²) in [6.07, 6.45) is 0. The number of nitrogens with zero attached hydrogens (tertiary/aromatic N) is 1. The molecule has 1 aliphatic heterocycles. The topological polar surface area (TPSA) is 29.5 Å². The third-order valence-corrected chi connectivity index (χ3v) is 5.35. The highest BCUT2D eigenvalue weighted by molar-refractivity contribution is 7.99. The first-order valence-electron chi connectivity index (χ1n) is 7.98. The fraction of sp³-hybridized carbons (Fsp3) is 0.316. The Hall–Kier alpha value is -1.65. The molecule has 1 amide bonds. The molecule has 2 unspecified atom stereocenters. The summed E-state index contributed by atoms with van der Waals surface area (Å²) in [5.41, 5.74) is 2.21. The van der Waals surface area contributed by atoms with Gasteiger partial charge in [-0.25, -0.2) is 0 Å². The van der Waals surface area contributed by atoms with Gasteiger partial charge >= 0.3 is 0 Å². The van der Waals surface area contributed by atoms with Crippen LogP contribution in [0.4, 0.5) is 0 Å². The van der Waals surface area contributed by atoms with E-state index in [-0.39, 0.29) is 11.3 Å². The predicted octanol–water partition coefficient (Wildman–Crippen LogP) is 4.47. The van der Waals surface area contributed by atoms with Crippen molar-refractivity contribution in [1.82, 2.24) is 4.90 Å². The minimum absolute atomic E-state index is 0.0118. The third kappa shape index (κ3) is 4.05. The average molecular weight is 362 g/mol. The smallest absolute Gasteiger partial charge is 0.241 e. The molecule has 126 valence electrons. The van der Waals surface area contributed by atoms with Gasteiger partial charge in [0, 0.05) is 12.3 Å². The van der Waals surface area contributed by atoms with Crippen molar-refractivity contribution in [1.29, 1.82) is 0 Å². The van der Waals surface area contributed by atoms with Crippen LogP contribution in [0.1, 0.15) is 23.4 Å². The van der Waals surface area contributed by atoms with Gasteiger partial charge in [0.1, 0.15) is 23.1 Å². The van der Waals surface area contributed by atoms with E-state index in [1.54, 1.807) is 18.7 Å². The van der Waals surface area contributed by atoms with Crippen LogP contribution in [0.15, 0.2) is 54.6 Å². The molecule has 0 aliphatic carbocycles. The number of carbonyl (C=O) groups excluding carboxylic acids is 1. The summed E-state index contributed by atoms with van der Waals surface area (Å²) in [7, 11) is 0. The second-order valence-electron chi connectivity index (χ2n) is 5.72. The molecule has 0 aromatic heterocycles. The lowest BCUT2D eigenvalue weighted by atomic mass is 10.2. The molecule has 0 bridgehead atoms. The Morgan fingerprint density at radius 2 is 2.08 bits per heavy atom. The molecule has 0 saturated carbocycles. The van der Waals surface area contributed by atoms with Gasteiger partial charge in [0.2, 0.25) is 5.91 Å². The Morgan fingerprint density at radius 3 is 2.83 bits per heavy atom. The molecule has 0 N–H and O–H groups in total. The molecule has 2 aromatic carbocycles. The van der Waals surface area contributed by atoms with Crippen molar-refractivity contribution < 1.29 is 9.53 Å². The van der Waals surface area contributed by atoms with Gasteiger partial charge in [0.15, 0.2) is 0 Å². The highest BCUT2D eigenvalue weighted by Crippen LogP contribution is 2.39.